The van der Waals surface area contributed by atoms with Crippen molar-refractivity contribution in [3.63, 3.8) is 0 Å². The van der Waals surface area contributed by atoms with Gasteiger partial charge in [0.25, 0.3) is 0 Å². The number of amides is 1. The Bertz CT molecular complexity index is 438. The van der Waals surface area contributed by atoms with Crippen LogP contribution in [-0.4, -0.2) is 19.6 Å². The molecule has 0 fully saturated rings. The Morgan fingerprint density at radius 2 is 2.22 bits per heavy atom. The predicted molar refractivity (Wildman–Crippen MR) is 69.3 cm³/mol. The number of ether oxygens (including phenoxy) is 1. The number of rotatable bonds is 6. The number of nitrogens with zero attached hydrogens (tertiary/aromatic N) is 1. The normalized spacial score (nSPS) is 11.4. The predicted octanol–water partition coefficient (Wildman–Crippen LogP) is 2.22. The molecule has 1 amide bonds. The lowest BCUT2D eigenvalue weighted by Gasteiger charge is -2.13. The highest BCUT2D eigenvalue weighted by Gasteiger charge is 2.16. The van der Waals surface area contributed by atoms with Crippen molar-refractivity contribution < 1.29 is 9.53 Å². The van der Waals surface area contributed by atoms with Crippen LogP contribution in [0.1, 0.15) is 31.2 Å². The number of benzene rings is 1. The first-order chi connectivity index (χ1) is 8.72. The number of hydrogen-bond donors (Lipinski definition) is 1. The topological polar surface area (TPSA) is 62.1 Å². The van der Waals surface area contributed by atoms with Crippen LogP contribution in [0.5, 0.6) is 5.75 Å². The van der Waals surface area contributed by atoms with Gasteiger partial charge in [-0.1, -0.05) is 18.2 Å². The summed E-state index contributed by atoms with van der Waals surface area (Å²) in [6.07, 6.45) is 0.854. The Kier molecular flexibility index (Phi) is 5.72. The number of nitrogens with one attached hydrogen (secondary N) is 1. The summed E-state index contributed by atoms with van der Waals surface area (Å²) in [7, 11) is 1.58. The SMILES string of the molecule is CCNC(=O)CCC(C#N)c1ccccc1OC. The molecule has 1 atom stereocenters. The van der Waals surface area contributed by atoms with E-state index >= 15 is 0 Å². The van der Waals surface area contributed by atoms with Crippen molar-refractivity contribution in [3.8, 4) is 11.8 Å². The van der Waals surface area contributed by atoms with Crippen LogP contribution in [0.25, 0.3) is 0 Å². The number of methoxy groups -OCH3 is 1. The van der Waals surface area contributed by atoms with Gasteiger partial charge in [0.1, 0.15) is 5.75 Å². The number of nitriles is 1. The van der Waals surface area contributed by atoms with Crippen LogP contribution in [0.2, 0.25) is 0 Å². The molecule has 0 aromatic heterocycles. The molecule has 0 aliphatic rings. The third-order valence-electron chi connectivity index (χ3n) is 2.70. The fourth-order valence-electron chi connectivity index (χ4n) is 1.80. The Morgan fingerprint density at radius 1 is 1.50 bits per heavy atom. The fourth-order valence-corrected chi connectivity index (χ4v) is 1.80. The summed E-state index contributed by atoms with van der Waals surface area (Å²) < 4.78 is 5.23. The van der Waals surface area contributed by atoms with Crippen LogP contribution in [0, 0.1) is 11.3 Å². The van der Waals surface area contributed by atoms with Crippen LogP contribution < -0.4 is 10.1 Å². The van der Waals surface area contributed by atoms with E-state index < -0.39 is 0 Å². The third kappa shape index (κ3) is 3.77. The highest BCUT2D eigenvalue weighted by Crippen LogP contribution is 2.29. The number of carbonyl (C=O) groups is 1. The molecule has 0 saturated heterocycles. The van der Waals surface area contributed by atoms with Gasteiger partial charge in [0, 0.05) is 18.5 Å². The molecule has 96 valence electrons. The maximum atomic E-state index is 11.4. The monoisotopic (exact) mass is 246 g/mol. The van der Waals surface area contributed by atoms with Crippen molar-refractivity contribution in [1.82, 2.24) is 5.32 Å². The molecule has 0 aliphatic carbocycles. The molecule has 0 spiro atoms. The summed E-state index contributed by atoms with van der Waals surface area (Å²) in [4.78, 5) is 11.4. The van der Waals surface area contributed by atoms with E-state index in [1.807, 2.05) is 31.2 Å². The summed E-state index contributed by atoms with van der Waals surface area (Å²) in [5.74, 6) is 0.358. The molecule has 1 rings (SSSR count). The second-order valence-corrected chi connectivity index (χ2v) is 3.92. The number of hydrogen-bond acceptors (Lipinski definition) is 3. The van der Waals surface area contributed by atoms with Crippen LogP contribution in [-0.2, 0) is 4.79 Å². The largest absolute Gasteiger partial charge is 0.496 e. The first-order valence-corrected chi connectivity index (χ1v) is 6.02. The van der Waals surface area contributed by atoms with Crippen LogP contribution in [0.4, 0.5) is 0 Å². The maximum absolute atomic E-state index is 11.4. The van der Waals surface area contributed by atoms with Gasteiger partial charge in [0.15, 0.2) is 0 Å². The lowest BCUT2D eigenvalue weighted by atomic mass is 9.94. The fraction of sp³-hybridized carbons (Fsp3) is 0.429. The molecule has 0 aliphatic heterocycles. The molecule has 0 bridgehead atoms. The summed E-state index contributed by atoms with van der Waals surface area (Å²) in [6.45, 7) is 2.49. The molecule has 1 unspecified atom stereocenters. The first kappa shape index (κ1) is 14.0. The van der Waals surface area contributed by atoms with Gasteiger partial charge in [-0.25, -0.2) is 0 Å². The average Bonchev–Trinajstić information content (AvgIpc) is 2.40. The van der Waals surface area contributed by atoms with E-state index in [2.05, 4.69) is 11.4 Å². The molecule has 1 aromatic carbocycles. The summed E-state index contributed by atoms with van der Waals surface area (Å²) >= 11 is 0. The summed E-state index contributed by atoms with van der Waals surface area (Å²) in [5.41, 5.74) is 0.840. The van der Waals surface area contributed by atoms with Crippen molar-refractivity contribution >= 4 is 5.91 Å². The smallest absolute Gasteiger partial charge is 0.220 e. The second kappa shape index (κ2) is 7.33. The minimum atomic E-state index is -0.316. The van der Waals surface area contributed by atoms with E-state index in [0.717, 1.165) is 5.56 Å². The van der Waals surface area contributed by atoms with E-state index in [4.69, 9.17) is 4.74 Å². The maximum Gasteiger partial charge on any atom is 0.220 e. The van der Waals surface area contributed by atoms with Crippen LogP contribution >= 0.6 is 0 Å². The molecule has 4 heteroatoms. The van der Waals surface area contributed by atoms with E-state index in [0.29, 0.717) is 25.1 Å². The zero-order chi connectivity index (χ0) is 13.4. The highest BCUT2D eigenvalue weighted by molar-refractivity contribution is 5.75. The molecule has 1 N–H and O–H groups in total. The van der Waals surface area contributed by atoms with Gasteiger partial charge in [-0.05, 0) is 19.4 Å². The standard InChI is InChI=1S/C14H18N2O2/c1-3-16-14(17)9-8-11(10-15)12-6-4-5-7-13(12)18-2/h4-7,11H,3,8-9H2,1-2H3,(H,16,17). The van der Waals surface area contributed by atoms with Gasteiger partial charge in [0.05, 0.1) is 19.1 Å². The van der Waals surface area contributed by atoms with Crippen LogP contribution in [0.15, 0.2) is 24.3 Å². The zero-order valence-corrected chi connectivity index (χ0v) is 10.8. The quantitative estimate of drug-likeness (QED) is 0.837. The Labute approximate surface area is 108 Å². The molecule has 18 heavy (non-hydrogen) atoms. The van der Waals surface area contributed by atoms with Crippen molar-refractivity contribution in [2.75, 3.05) is 13.7 Å². The van der Waals surface area contributed by atoms with Gasteiger partial charge >= 0.3 is 0 Å². The van der Waals surface area contributed by atoms with Gasteiger partial charge in [0.2, 0.25) is 5.91 Å². The van der Waals surface area contributed by atoms with Crippen molar-refractivity contribution in [1.29, 1.82) is 5.26 Å². The molecule has 1 aromatic rings. The molecular weight excluding hydrogens is 228 g/mol. The molecule has 0 radical (unpaired) electrons. The molecule has 0 saturated carbocycles. The van der Waals surface area contributed by atoms with E-state index in [-0.39, 0.29) is 11.8 Å². The number of carbonyl (C=O) groups excluding carboxylic acids is 1. The molecule has 4 nitrogen and oxygen atoms in total. The minimum absolute atomic E-state index is 0.0207. The Morgan fingerprint density at radius 3 is 2.83 bits per heavy atom. The molecule has 0 heterocycles. The Hall–Kier alpha value is -2.02. The summed E-state index contributed by atoms with van der Waals surface area (Å²) in [5, 5.41) is 11.9. The van der Waals surface area contributed by atoms with Gasteiger partial charge < -0.3 is 10.1 Å². The van der Waals surface area contributed by atoms with Crippen molar-refractivity contribution in [2.24, 2.45) is 0 Å². The lowest BCUT2D eigenvalue weighted by Crippen LogP contribution is -2.22. The number of para-hydroxylation sites is 1. The summed E-state index contributed by atoms with van der Waals surface area (Å²) in [6, 6.07) is 9.65. The van der Waals surface area contributed by atoms with E-state index in [1.54, 1.807) is 7.11 Å². The van der Waals surface area contributed by atoms with Gasteiger partial charge in [-0.3, -0.25) is 4.79 Å². The van der Waals surface area contributed by atoms with Gasteiger partial charge in [-0.15, -0.1) is 0 Å². The van der Waals surface area contributed by atoms with Crippen molar-refractivity contribution in [3.05, 3.63) is 29.8 Å². The minimum Gasteiger partial charge on any atom is -0.496 e. The first-order valence-electron chi connectivity index (χ1n) is 6.02. The van der Waals surface area contributed by atoms with E-state index in [9.17, 15) is 10.1 Å². The third-order valence-corrected chi connectivity index (χ3v) is 2.70. The van der Waals surface area contributed by atoms with Crippen LogP contribution in [0.3, 0.4) is 0 Å². The Balaban J connectivity index is 2.72. The van der Waals surface area contributed by atoms with Crippen molar-refractivity contribution in [2.45, 2.75) is 25.7 Å². The van der Waals surface area contributed by atoms with E-state index in [1.165, 1.54) is 0 Å². The van der Waals surface area contributed by atoms with Gasteiger partial charge in [-0.2, -0.15) is 5.26 Å². The molecular formula is C14H18N2O2. The lowest BCUT2D eigenvalue weighted by molar-refractivity contribution is -0.121. The zero-order valence-electron chi connectivity index (χ0n) is 10.8. The highest BCUT2D eigenvalue weighted by atomic mass is 16.5. The second-order valence-electron chi connectivity index (χ2n) is 3.92. The average molecular weight is 246 g/mol.